The molecule has 166 valence electrons. The first-order valence-electron chi connectivity index (χ1n) is 11.1. The predicted molar refractivity (Wildman–Crippen MR) is 125 cm³/mol. The van der Waals surface area contributed by atoms with E-state index in [1.807, 2.05) is 78.9 Å². The molecule has 0 aromatic heterocycles. The first-order valence-corrected chi connectivity index (χ1v) is 11.1. The average Bonchev–Trinajstić information content (AvgIpc) is 2.84. The SMILES string of the molecule is COc1ccc([C@H]2CC(=O)C3=C(C2)NC(=O)C[C@@H]3c2cccc(Oc3ccccc3)c2)cc1. The van der Waals surface area contributed by atoms with Crippen LogP contribution in [0.2, 0.25) is 0 Å². The minimum atomic E-state index is -0.266. The number of benzene rings is 3. The molecule has 1 N–H and O–H groups in total. The third-order valence-corrected chi connectivity index (χ3v) is 6.36. The highest BCUT2D eigenvalue weighted by atomic mass is 16.5. The molecule has 2 aliphatic rings. The van der Waals surface area contributed by atoms with Crippen LogP contribution in [-0.2, 0) is 9.59 Å². The second-order valence-electron chi connectivity index (χ2n) is 8.49. The number of allylic oxidation sites excluding steroid dienone is 2. The number of ether oxygens (including phenoxy) is 2. The van der Waals surface area contributed by atoms with Crippen LogP contribution in [0.4, 0.5) is 0 Å². The second-order valence-corrected chi connectivity index (χ2v) is 8.49. The Hall–Kier alpha value is -3.86. The number of hydrogen-bond donors (Lipinski definition) is 1. The quantitative estimate of drug-likeness (QED) is 0.571. The van der Waals surface area contributed by atoms with E-state index in [0.717, 1.165) is 33.9 Å². The Labute approximate surface area is 193 Å². The van der Waals surface area contributed by atoms with Crippen LogP contribution in [0.15, 0.2) is 90.1 Å². The largest absolute Gasteiger partial charge is 0.497 e. The lowest BCUT2D eigenvalue weighted by molar-refractivity contribution is -0.122. The van der Waals surface area contributed by atoms with E-state index in [4.69, 9.17) is 9.47 Å². The van der Waals surface area contributed by atoms with Gasteiger partial charge in [-0.1, -0.05) is 42.5 Å². The van der Waals surface area contributed by atoms with Gasteiger partial charge in [0.25, 0.3) is 0 Å². The molecule has 1 heterocycles. The molecule has 0 fully saturated rings. The molecule has 5 nitrogen and oxygen atoms in total. The molecular weight excluding hydrogens is 414 g/mol. The van der Waals surface area contributed by atoms with Crippen molar-refractivity contribution in [2.75, 3.05) is 7.11 Å². The monoisotopic (exact) mass is 439 g/mol. The Balaban J connectivity index is 1.44. The zero-order chi connectivity index (χ0) is 22.8. The van der Waals surface area contributed by atoms with Crippen LogP contribution < -0.4 is 14.8 Å². The van der Waals surface area contributed by atoms with Gasteiger partial charge in [0.2, 0.25) is 5.91 Å². The van der Waals surface area contributed by atoms with Gasteiger partial charge < -0.3 is 14.8 Å². The highest BCUT2D eigenvalue weighted by molar-refractivity contribution is 6.02. The summed E-state index contributed by atoms with van der Waals surface area (Å²) in [6, 6.07) is 25.1. The lowest BCUT2D eigenvalue weighted by atomic mass is 9.73. The Kier molecular flexibility index (Phi) is 5.69. The molecule has 1 aliphatic carbocycles. The molecule has 0 radical (unpaired) electrons. The highest BCUT2D eigenvalue weighted by Gasteiger charge is 2.38. The van der Waals surface area contributed by atoms with Gasteiger partial charge in [0, 0.05) is 30.0 Å². The topological polar surface area (TPSA) is 64.6 Å². The number of carbonyl (C=O) groups is 2. The third-order valence-electron chi connectivity index (χ3n) is 6.36. The van der Waals surface area contributed by atoms with E-state index >= 15 is 0 Å². The van der Waals surface area contributed by atoms with Crippen LogP contribution in [0.3, 0.4) is 0 Å². The fraction of sp³-hybridized carbons (Fsp3) is 0.214. The molecule has 1 aliphatic heterocycles. The number of methoxy groups -OCH3 is 1. The minimum Gasteiger partial charge on any atom is -0.497 e. The predicted octanol–water partition coefficient (Wildman–Crippen LogP) is 5.49. The van der Waals surface area contributed by atoms with Crippen molar-refractivity contribution in [1.82, 2.24) is 5.32 Å². The van der Waals surface area contributed by atoms with Crippen molar-refractivity contribution >= 4 is 11.7 Å². The number of para-hydroxylation sites is 1. The van der Waals surface area contributed by atoms with Crippen LogP contribution in [0.5, 0.6) is 17.2 Å². The number of nitrogens with one attached hydrogen (secondary N) is 1. The van der Waals surface area contributed by atoms with Gasteiger partial charge in [-0.05, 0) is 59.9 Å². The second kappa shape index (κ2) is 8.94. The fourth-order valence-corrected chi connectivity index (χ4v) is 4.78. The van der Waals surface area contributed by atoms with Gasteiger partial charge in [0.15, 0.2) is 5.78 Å². The number of rotatable bonds is 5. The van der Waals surface area contributed by atoms with Crippen molar-refractivity contribution in [3.8, 4) is 17.2 Å². The van der Waals surface area contributed by atoms with Gasteiger partial charge in [-0.25, -0.2) is 0 Å². The maximum absolute atomic E-state index is 13.3. The Morgan fingerprint density at radius 1 is 0.758 bits per heavy atom. The van der Waals surface area contributed by atoms with Gasteiger partial charge in [-0.15, -0.1) is 0 Å². The number of hydrogen-bond acceptors (Lipinski definition) is 4. The van der Waals surface area contributed by atoms with Crippen LogP contribution in [0, 0.1) is 0 Å². The summed E-state index contributed by atoms with van der Waals surface area (Å²) in [6.45, 7) is 0. The normalized spacial score (nSPS) is 20.2. The van der Waals surface area contributed by atoms with E-state index in [0.29, 0.717) is 18.6 Å². The molecule has 3 aromatic carbocycles. The molecule has 1 amide bonds. The Morgan fingerprint density at radius 3 is 2.27 bits per heavy atom. The molecule has 0 saturated heterocycles. The highest BCUT2D eigenvalue weighted by Crippen LogP contribution is 2.43. The summed E-state index contributed by atoms with van der Waals surface area (Å²) >= 11 is 0. The van der Waals surface area contributed by atoms with Crippen molar-refractivity contribution in [3.05, 3.63) is 101 Å². The summed E-state index contributed by atoms with van der Waals surface area (Å²) < 4.78 is 11.2. The summed E-state index contributed by atoms with van der Waals surface area (Å²) in [6.07, 6.45) is 1.32. The molecule has 2 atom stereocenters. The van der Waals surface area contributed by atoms with Crippen LogP contribution in [0.25, 0.3) is 0 Å². The third kappa shape index (κ3) is 4.40. The molecule has 0 saturated carbocycles. The Bertz CT molecular complexity index is 1210. The number of amides is 1. The maximum Gasteiger partial charge on any atom is 0.225 e. The van der Waals surface area contributed by atoms with E-state index in [-0.39, 0.29) is 29.9 Å². The Morgan fingerprint density at radius 2 is 1.52 bits per heavy atom. The smallest absolute Gasteiger partial charge is 0.225 e. The molecular formula is C28H25NO4. The van der Waals surface area contributed by atoms with Crippen molar-refractivity contribution in [2.24, 2.45) is 0 Å². The van der Waals surface area contributed by atoms with Gasteiger partial charge in [0.05, 0.1) is 7.11 Å². The first-order chi connectivity index (χ1) is 16.1. The number of Topliss-reactive ketones (excluding diaryl/α,β-unsaturated/α-hetero) is 1. The summed E-state index contributed by atoms with van der Waals surface area (Å²) in [7, 11) is 1.63. The van der Waals surface area contributed by atoms with Crippen LogP contribution >= 0.6 is 0 Å². The van der Waals surface area contributed by atoms with E-state index < -0.39 is 0 Å². The van der Waals surface area contributed by atoms with E-state index in [1.165, 1.54) is 0 Å². The molecule has 33 heavy (non-hydrogen) atoms. The molecule has 5 heteroatoms. The van der Waals surface area contributed by atoms with Crippen molar-refractivity contribution in [1.29, 1.82) is 0 Å². The number of carbonyl (C=O) groups excluding carboxylic acids is 2. The molecule has 0 unspecified atom stereocenters. The molecule has 0 bridgehead atoms. The zero-order valence-electron chi connectivity index (χ0n) is 18.4. The van der Waals surface area contributed by atoms with Crippen molar-refractivity contribution in [3.63, 3.8) is 0 Å². The number of ketones is 1. The average molecular weight is 440 g/mol. The lowest BCUT2D eigenvalue weighted by Gasteiger charge is -2.34. The lowest BCUT2D eigenvalue weighted by Crippen LogP contribution is -2.38. The van der Waals surface area contributed by atoms with Crippen molar-refractivity contribution < 1.29 is 19.1 Å². The van der Waals surface area contributed by atoms with Gasteiger partial charge in [-0.3, -0.25) is 9.59 Å². The van der Waals surface area contributed by atoms with Gasteiger partial charge in [0.1, 0.15) is 17.2 Å². The van der Waals surface area contributed by atoms with E-state index in [1.54, 1.807) is 7.11 Å². The standard InChI is InChI=1S/C28H25NO4/c1-32-21-12-10-18(11-13-21)20-15-25-28(26(30)16-20)24(17-27(31)29-25)19-6-5-9-23(14-19)33-22-7-3-2-4-8-22/h2-14,20,24H,15-17H2,1H3,(H,29,31)/t20-,24-/m1/s1. The summed E-state index contributed by atoms with van der Waals surface area (Å²) in [5.74, 6) is 2.02. The van der Waals surface area contributed by atoms with Gasteiger partial charge >= 0.3 is 0 Å². The summed E-state index contributed by atoms with van der Waals surface area (Å²) in [4.78, 5) is 25.9. The van der Waals surface area contributed by atoms with Crippen LogP contribution in [-0.4, -0.2) is 18.8 Å². The zero-order valence-corrected chi connectivity index (χ0v) is 18.4. The molecule has 3 aromatic rings. The molecule has 5 rings (SSSR count). The van der Waals surface area contributed by atoms with Crippen molar-refractivity contribution in [2.45, 2.75) is 31.1 Å². The van der Waals surface area contributed by atoms with E-state index in [9.17, 15) is 9.59 Å². The first kappa shape index (κ1) is 21.0. The summed E-state index contributed by atoms with van der Waals surface area (Å²) in [5, 5.41) is 2.99. The van der Waals surface area contributed by atoms with Crippen LogP contribution in [0.1, 0.15) is 42.2 Å². The minimum absolute atomic E-state index is 0.0361. The summed E-state index contributed by atoms with van der Waals surface area (Å²) in [5.41, 5.74) is 3.48. The maximum atomic E-state index is 13.3. The van der Waals surface area contributed by atoms with E-state index in [2.05, 4.69) is 5.32 Å². The van der Waals surface area contributed by atoms with Gasteiger partial charge in [-0.2, -0.15) is 0 Å². The fourth-order valence-electron chi connectivity index (χ4n) is 4.78. The molecule has 0 spiro atoms.